The Bertz CT molecular complexity index is 696. The number of aliphatic hydroxyl groups excluding tert-OH is 1. The molecule has 0 aromatic heterocycles. The number of hydrogen-bond donors (Lipinski definition) is 2. The highest BCUT2D eigenvalue weighted by molar-refractivity contribution is 5.46. The van der Waals surface area contributed by atoms with E-state index in [1.165, 1.54) is 16.7 Å². The van der Waals surface area contributed by atoms with Crippen molar-refractivity contribution in [2.75, 3.05) is 0 Å². The zero-order chi connectivity index (χ0) is 16.0. The molecular weight excluding hydrogens is 288 g/mol. The summed E-state index contributed by atoms with van der Waals surface area (Å²) in [6, 6.07) is 7.32. The molecule has 1 heterocycles. The minimum atomic E-state index is -0.247. The van der Waals surface area contributed by atoms with E-state index >= 15 is 0 Å². The predicted molar refractivity (Wildman–Crippen MR) is 89.0 cm³/mol. The van der Waals surface area contributed by atoms with Crippen LogP contribution in [0.25, 0.3) is 0 Å². The molecule has 4 rings (SSSR count). The van der Waals surface area contributed by atoms with Crippen LogP contribution in [0.1, 0.15) is 37.9 Å². The van der Waals surface area contributed by atoms with Gasteiger partial charge in [-0.05, 0) is 55.0 Å². The summed E-state index contributed by atoms with van der Waals surface area (Å²) in [4.78, 5) is 0. The maximum absolute atomic E-state index is 10.1. The molecule has 120 valence electrons. The molecule has 0 spiro atoms. The Labute approximate surface area is 136 Å². The highest BCUT2D eigenvalue weighted by Crippen LogP contribution is 2.47. The van der Waals surface area contributed by atoms with Crippen molar-refractivity contribution in [3.05, 3.63) is 64.8 Å². The van der Waals surface area contributed by atoms with Crippen molar-refractivity contribution in [2.24, 2.45) is 5.92 Å². The molecule has 1 aromatic rings. The summed E-state index contributed by atoms with van der Waals surface area (Å²) in [5.41, 5.74) is 4.92. The quantitative estimate of drug-likeness (QED) is 0.829. The molecule has 0 saturated heterocycles. The summed E-state index contributed by atoms with van der Waals surface area (Å²) in [6.07, 6.45) is 8.82. The largest absolute Gasteiger partial charge is 0.508 e. The molecule has 1 saturated carbocycles. The third-order valence-corrected chi connectivity index (χ3v) is 5.14. The Morgan fingerprint density at radius 1 is 1.13 bits per heavy atom. The van der Waals surface area contributed by atoms with E-state index in [0.29, 0.717) is 0 Å². The van der Waals surface area contributed by atoms with E-state index in [-0.39, 0.29) is 30.0 Å². The lowest BCUT2D eigenvalue weighted by molar-refractivity contribution is -0.0472. The average molecular weight is 310 g/mol. The summed E-state index contributed by atoms with van der Waals surface area (Å²) >= 11 is 0. The highest BCUT2D eigenvalue weighted by atomic mass is 16.5. The second-order valence-corrected chi connectivity index (χ2v) is 6.83. The monoisotopic (exact) mass is 310 g/mol. The van der Waals surface area contributed by atoms with E-state index < -0.39 is 0 Å². The first-order valence-electron chi connectivity index (χ1n) is 8.33. The van der Waals surface area contributed by atoms with Crippen molar-refractivity contribution in [3.8, 4) is 5.75 Å². The van der Waals surface area contributed by atoms with Gasteiger partial charge in [0.15, 0.2) is 0 Å². The maximum atomic E-state index is 10.1. The lowest BCUT2D eigenvalue weighted by Crippen LogP contribution is -2.37. The Morgan fingerprint density at radius 3 is 2.70 bits per heavy atom. The van der Waals surface area contributed by atoms with Crippen molar-refractivity contribution in [1.29, 1.82) is 0 Å². The Morgan fingerprint density at radius 2 is 1.91 bits per heavy atom. The number of rotatable bonds is 1. The van der Waals surface area contributed by atoms with Crippen molar-refractivity contribution < 1.29 is 14.9 Å². The number of fused-ring (bicyclic) bond motifs is 2. The third kappa shape index (κ3) is 2.64. The Kier molecular flexibility index (Phi) is 3.63. The average Bonchev–Trinajstić information content (AvgIpc) is 2.55. The van der Waals surface area contributed by atoms with Gasteiger partial charge in [0.2, 0.25) is 0 Å². The SMILES string of the molecule is CC1=CC2=C3CC(O)CCC3O[C@H](c3ccc(O)cc3)[C@@H]2C=C1. The highest BCUT2D eigenvalue weighted by Gasteiger charge is 2.39. The number of benzene rings is 1. The second-order valence-electron chi connectivity index (χ2n) is 6.83. The fourth-order valence-corrected chi connectivity index (χ4v) is 3.99. The number of hydrogen-bond acceptors (Lipinski definition) is 3. The first-order valence-corrected chi connectivity index (χ1v) is 8.33. The van der Waals surface area contributed by atoms with Crippen LogP contribution in [0.5, 0.6) is 5.75 Å². The van der Waals surface area contributed by atoms with Gasteiger partial charge < -0.3 is 14.9 Å². The summed E-state index contributed by atoms with van der Waals surface area (Å²) in [7, 11) is 0. The molecule has 3 heteroatoms. The topological polar surface area (TPSA) is 49.7 Å². The van der Waals surface area contributed by atoms with E-state index in [4.69, 9.17) is 4.74 Å². The fourth-order valence-electron chi connectivity index (χ4n) is 3.99. The van der Waals surface area contributed by atoms with Crippen molar-refractivity contribution in [2.45, 2.75) is 44.5 Å². The normalized spacial score (nSPS) is 33.0. The van der Waals surface area contributed by atoms with E-state index in [0.717, 1.165) is 24.8 Å². The van der Waals surface area contributed by atoms with Gasteiger partial charge in [-0.2, -0.15) is 0 Å². The number of aliphatic hydroxyl groups is 1. The van der Waals surface area contributed by atoms with Crippen molar-refractivity contribution >= 4 is 0 Å². The Balaban J connectivity index is 1.77. The van der Waals surface area contributed by atoms with Crippen molar-refractivity contribution in [3.63, 3.8) is 0 Å². The third-order valence-electron chi connectivity index (χ3n) is 5.14. The first-order chi connectivity index (χ1) is 11.1. The van der Waals surface area contributed by atoms with Crippen LogP contribution >= 0.6 is 0 Å². The number of allylic oxidation sites excluding steroid dienone is 3. The zero-order valence-electron chi connectivity index (χ0n) is 13.3. The van der Waals surface area contributed by atoms with Gasteiger partial charge in [0.1, 0.15) is 5.75 Å². The van der Waals surface area contributed by atoms with Crippen LogP contribution in [0.2, 0.25) is 0 Å². The second kappa shape index (κ2) is 5.66. The van der Waals surface area contributed by atoms with Crippen LogP contribution in [0, 0.1) is 5.92 Å². The van der Waals surface area contributed by atoms with Crippen LogP contribution in [-0.2, 0) is 4.74 Å². The molecule has 1 aromatic carbocycles. The molecule has 3 nitrogen and oxygen atoms in total. The van der Waals surface area contributed by atoms with Gasteiger partial charge in [0.05, 0.1) is 18.3 Å². The van der Waals surface area contributed by atoms with E-state index in [9.17, 15) is 10.2 Å². The number of ether oxygens (including phenoxy) is 1. The van der Waals surface area contributed by atoms with Crippen LogP contribution in [0.4, 0.5) is 0 Å². The molecule has 4 atom stereocenters. The molecule has 3 aliphatic rings. The van der Waals surface area contributed by atoms with Gasteiger partial charge >= 0.3 is 0 Å². The molecule has 1 aliphatic heterocycles. The lowest BCUT2D eigenvalue weighted by atomic mass is 9.74. The van der Waals surface area contributed by atoms with Gasteiger partial charge in [-0.3, -0.25) is 0 Å². The smallest absolute Gasteiger partial charge is 0.115 e. The molecule has 0 radical (unpaired) electrons. The molecule has 2 aliphatic carbocycles. The first kappa shape index (κ1) is 14.7. The van der Waals surface area contributed by atoms with E-state index in [1.807, 2.05) is 12.1 Å². The van der Waals surface area contributed by atoms with Crippen molar-refractivity contribution in [1.82, 2.24) is 0 Å². The van der Waals surface area contributed by atoms with Crippen LogP contribution in [-0.4, -0.2) is 22.4 Å². The minimum Gasteiger partial charge on any atom is -0.508 e. The maximum Gasteiger partial charge on any atom is 0.115 e. The van der Waals surface area contributed by atoms with Crippen LogP contribution < -0.4 is 0 Å². The van der Waals surface area contributed by atoms with Gasteiger partial charge in [-0.15, -0.1) is 0 Å². The van der Waals surface area contributed by atoms with Gasteiger partial charge in [0.25, 0.3) is 0 Å². The molecule has 2 unspecified atom stereocenters. The molecular formula is C20H22O3. The number of phenols is 1. The van der Waals surface area contributed by atoms with Crippen LogP contribution in [0.3, 0.4) is 0 Å². The molecule has 23 heavy (non-hydrogen) atoms. The summed E-state index contributed by atoms with van der Waals surface area (Å²) in [5, 5.41) is 19.6. The molecule has 2 N–H and O–H groups in total. The summed E-state index contributed by atoms with van der Waals surface area (Å²) in [6.45, 7) is 2.11. The molecule has 1 fully saturated rings. The van der Waals surface area contributed by atoms with E-state index in [2.05, 4.69) is 25.2 Å². The summed E-state index contributed by atoms with van der Waals surface area (Å²) < 4.78 is 6.44. The van der Waals surface area contributed by atoms with Gasteiger partial charge in [-0.25, -0.2) is 0 Å². The number of aromatic hydroxyl groups is 1. The fraction of sp³-hybridized carbons (Fsp3) is 0.400. The minimum absolute atomic E-state index is 0.0322. The zero-order valence-corrected chi connectivity index (χ0v) is 13.3. The molecule has 0 bridgehead atoms. The van der Waals surface area contributed by atoms with Gasteiger partial charge in [0, 0.05) is 5.92 Å². The predicted octanol–water partition coefficient (Wildman–Crippen LogP) is 3.81. The van der Waals surface area contributed by atoms with Gasteiger partial charge in [-0.1, -0.05) is 35.9 Å². The standard InChI is InChI=1S/C20H22O3/c1-12-2-8-16-17(10-12)18-11-15(22)7-9-19(18)23-20(16)13-3-5-14(21)6-4-13/h2-6,8,10,15-16,19-22H,7,9,11H2,1H3/t15?,16-,19?,20-/m1/s1. The van der Waals surface area contributed by atoms with Crippen LogP contribution in [0.15, 0.2) is 59.2 Å². The summed E-state index contributed by atoms with van der Waals surface area (Å²) in [5.74, 6) is 0.455. The lowest BCUT2D eigenvalue weighted by Gasteiger charge is -2.42. The Hall–Kier alpha value is -1.84. The number of phenolic OH excluding ortho intramolecular Hbond substituents is 1. The van der Waals surface area contributed by atoms with E-state index in [1.54, 1.807) is 12.1 Å². The molecule has 0 amide bonds.